The Hall–Kier alpha value is -2.89. The second kappa shape index (κ2) is 9.16. The van der Waals surface area contributed by atoms with E-state index >= 15 is 0 Å². The third-order valence-electron chi connectivity index (χ3n) is 3.67. The van der Waals surface area contributed by atoms with Crippen molar-refractivity contribution >= 4 is 40.5 Å². The van der Waals surface area contributed by atoms with Crippen LogP contribution in [-0.4, -0.2) is 11.0 Å². The first-order valence-corrected chi connectivity index (χ1v) is 9.03. The van der Waals surface area contributed by atoms with Crippen molar-refractivity contribution in [1.82, 2.24) is 5.32 Å². The van der Waals surface area contributed by atoms with Crippen molar-refractivity contribution < 1.29 is 9.53 Å². The third kappa shape index (κ3) is 5.81. The molecule has 27 heavy (non-hydrogen) atoms. The molecular formula is C21H17ClN2O2S. The van der Waals surface area contributed by atoms with Crippen molar-refractivity contribution in [2.45, 2.75) is 6.61 Å². The normalized spacial score (nSPS) is 10.1. The van der Waals surface area contributed by atoms with Gasteiger partial charge in [0.05, 0.1) is 0 Å². The zero-order valence-corrected chi connectivity index (χ0v) is 15.9. The monoisotopic (exact) mass is 396 g/mol. The fraction of sp³-hybridized carbons (Fsp3) is 0.0476. The van der Waals surface area contributed by atoms with Crippen LogP contribution in [-0.2, 0) is 6.61 Å². The van der Waals surface area contributed by atoms with Crippen molar-refractivity contribution in [3.63, 3.8) is 0 Å². The van der Waals surface area contributed by atoms with E-state index < -0.39 is 0 Å². The predicted molar refractivity (Wildman–Crippen MR) is 112 cm³/mol. The van der Waals surface area contributed by atoms with E-state index in [9.17, 15) is 4.79 Å². The molecule has 0 fully saturated rings. The number of amides is 1. The van der Waals surface area contributed by atoms with Crippen LogP contribution in [0.4, 0.5) is 5.69 Å². The minimum Gasteiger partial charge on any atom is -0.489 e. The quantitative estimate of drug-likeness (QED) is 0.593. The Labute approximate surface area is 168 Å². The van der Waals surface area contributed by atoms with Crippen molar-refractivity contribution in [2.24, 2.45) is 0 Å². The van der Waals surface area contributed by atoms with Crippen molar-refractivity contribution in [2.75, 3.05) is 5.32 Å². The van der Waals surface area contributed by atoms with Crippen LogP contribution in [0.3, 0.4) is 0 Å². The Balaban J connectivity index is 1.53. The molecule has 0 spiro atoms. The highest BCUT2D eigenvalue weighted by atomic mass is 35.5. The summed E-state index contributed by atoms with van der Waals surface area (Å²) in [7, 11) is 0. The Kier molecular flexibility index (Phi) is 6.41. The molecule has 3 aromatic carbocycles. The lowest BCUT2D eigenvalue weighted by Crippen LogP contribution is -2.34. The molecule has 3 rings (SSSR count). The number of nitrogens with one attached hydrogen (secondary N) is 2. The summed E-state index contributed by atoms with van der Waals surface area (Å²) in [6, 6.07) is 23.9. The molecule has 0 radical (unpaired) electrons. The molecule has 6 heteroatoms. The highest BCUT2D eigenvalue weighted by Gasteiger charge is 2.08. The van der Waals surface area contributed by atoms with E-state index in [1.165, 1.54) is 0 Å². The number of hydrogen-bond donors (Lipinski definition) is 2. The van der Waals surface area contributed by atoms with Gasteiger partial charge in [-0.2, -0.15) is 0 Å². The number of ether oxygens (including phenoxy) is 1. The average Bonchev–Trinajstić information content (AvgIpc) is 2.67. The van der Waals surface area contributed by atoms with Gasteiger partial charge in [-0.25, -0.2) is 0 Å². The van der Waals surface area contributed by atoms with E-state index in [-0.39, 0.29) is 11.0 Å². The highest BCUT2D eigenvalue weighted by molar-refractivity contribution is 7.80. The lowest BCUT2D eigenvalue weighted by Gasteiger charge is -2.10. The first-order chi connectivity index (χ1) is 13.1. The van der Waals surface area contributed by atoms with Crippen LogP contribution >= 0.6 is 23.8 Å². The lowest BCUT2D eigenvalue weighted by molar-refractivity contribution is 0.0977. The highest BCUT2D eigenvalue weighted by Crippen LogP contribution is 2.16. The molecule has 0 atom stereocenters. The molecule has 3 aromatic rings. The molecular weight excluding hydrogens is 380 g/mol. The number of carbonyl (C=O) groups is 1. The number of halogens is 1. The molecule has 0 aliphatic carbocycles. The topological polar surface area (TPSA) is 50.4 Å². The Morgan fingerprint density at radius 3 is 2.41 bits per heavy atom. The number of benzene rings is 3. The molecule has 0 bridgehead atoms. The minimum atomic E-state index is -0.302. The zero-order valence-electron chi connectivity index (χ0n) is 14.3. The molecule has 0 saturated heterocycles. The number of rotatable bonds is 5. The van der Waals surface area contributed by atoms with Crippen molar-refractivity contribution in [3.8, 4) is 5.75 Å². The van der Waals surface area contributed by atoms with Gasteiger partial charge in [0.2, 0.25) is 0 Å². The molecule has 0 aliphatic rings. The van der Waals surface area contributed by atoms with Gasteiger partial charge in [-0.15, -0.1) is 0 Å². The van der Waals surface area contributed by atoms with E-state index in [0.29, 0.717) is 28.6 Å². The zero-order chi connectivity index (χ0) is 19.1. The van der Waals surface area contributed by atoms with Gasteiger partial charge in [0.15, 0.2) is 5.11 Å². The molecule has 1 amide bonds. The Morgan fingerprint density at radius 1 is 0.963 bits per heavy atom. The number of carbonyl (C=O) groups excluding carboxylic acids is 1. The Bertz CT molecular complexity index is 930. The molecule has 0 unspecified atom stereocenters. The summed E-state index contributed by atoms with van der Waals surface area (Å²) in [6.07, 6.45) is 0. The van der Waals surface area contributed by atoms with E-state index in [4.69, 9.17) is 28.6 Å². The second-order valence-electron chi connectivity index (χ2n) is 5.72. The smallest absolute Gasteiger partial charge is 0.257 e. The number of thiocarbonyl (C=S) groups is 1. The van der Waals surface area contributed by atoms with Crippen LogP contribution in [0.25, 0.3) is 0 Å². The summed E-state index contributed by atoms with van der Waals surface area (Å²) in [5.41, 5.74) is 2.27. The Morgan fingerprint density at radius 2 is 1.70 bits per heavy atom. The maximum absolute atomic E-state index is 12.3. The third-order valence-corrected chi connectivity index (χ3v) is 4.11. The molecule has 2 N–H and O–H groups in total. The van der Waals surface area contributed by atoms with Gasteiger partial charge >= 0.3 is 0 Å². The van der Waals surface area contributed by atoms with Gasteiger partial charge in [0.1, 0.15) is 12.4 Å². The summed E-state index contributed by atoms with van der Waals surface area (Å²) in [5.74, 6) is 0.388. The van der Waals surface area contributed by atoms with Crippen LogP contribution in [0, 0.1) is 0 Å². The van der Waals surface area contributed by atoms with Crippen LogP contribution in [0.1, 0.15) is 15.9 Å². The van der Waals surface area contributed by atoms with Crippen LogP contribution < -0.4 is 15.4 Å². The first kappa shape index (κ1) is 18.9. The van der Waals surface area contributed by atoms with Crippen LogP contribution in [0.5, 0.6) is 5.75 Å². The molecule has 0 aliphatic heterocycles. The predicted octanol–water partition coefficient (Wildman–Crippen LogP) is 5.05. The van der Waals surface area contributed by atoms with E-state index in [1.54, 1.807) is 42.5 Å². The van der Waals surface area contributed by atoms with Gasteiger partial charge in [0.25, 0.3) is 5.91 Å². The maximum Gasteiger partial charge on any atom is 0.257 e. The van der Waals surface area contributed by atoms with Crippen molar-refractivity contribution in [3.05, 3.63) is 95.0 Å². The lowest BCUT2D eigenvalue weighted by atomic mass is 10.2. The van der Waals surface area contributed by atoms with Gasteiger partial charge in [0, 0.05) is 16.3 Å². The van der Waals surface area contributed by atoms with Crippen molar-refractivity contribution in [1.29, 1.82) is 0 Å². The number of anilines is 1. The van der Waals surface area contributed by atoms with Gasteiger partial charge in [-0.05, 0) is 60.2 Å². The summed E-state index contributed by atoms with van der Waals surface area (Å²) < 4.78 is 5.72. The summed E-state index contributed by atoms with van der Waals surface area (Å²) in [6.45, 7) is 0.472. The first-order valence-electron chi connectivity index (χ1n) is 8.25. The molecule has 4 nitrogen and oxygen atoms in total. The van der Waals surface area contributed by atoms with Gasteiger partial charge < -0.3 is 10.1 Å². The summed E-state index contributed by atoms with van der Waals surface area (Å²) in [4.78, 5) is 12.3. The van der Waals surface area contributed by atoms with E-state index in [2.05, 4.69) is 10.6 Å². The summed E-state index contributed by atoms with van der Waals surface area (Å²) in [5, 5.41) is 6.35. The fourth-order valence-corrected chi connectivity index (χ4v) is 2.75. The largest absolute Gasteiger partial charge is 0.489 e. The summed E-state index contributed by atoms with van der Waals surface area (Å²) >= 11 is 11.1. The van der Waals surface area contributed by atoms with E-state index in [1.807, 2.05) is 36.4 Å². The van der Waals surface area contributed by atoms with Gasteiger partial charge in [-0.1, -0.05) is 48.0 Å². The fourth-order valence-electron chi connectivity index (χ4n) is 2.35. The minimum absolute atomic E-state index is 0.201. The average molecular weight is 397 g/mol. The SMILES string of the molecule is O=C(NC(=S)Nc1cccc(Cl)c1)c1ccc(OCc2ccccc2)cc1. The second-order valence-corrected chi connectivity index (χ2v) is 6.56. The standard InChI is InChI=1S/C21H17ClN2O2S/c22-17-7-4-8-18(13-17)23-21(27)24-20(25)16-9-11-19(12-10-16)26-14-15-5-2-1-3-6-15/h1-13H,14H2,(H2,23,24,25,27). The molecule has 0 saturated carbocycles. The van der Waals surface area contributed by atoms with Crippen LogP contribution in [0.2, 0.25) is 5.02 Å². The van der Waals surface area contributed by atoms with E-state index in [0.717, 1.165) is 5.56 Å². The molecule has 0 aromatic heterocycles. The van der Waals surface area contributed by atoms with Gasteiger partial charge in [-0.3, -0.25) is 10.1 Å². The molecule has 136 valence electrons. The number of hydrogen-bond acceptors (Lipinski definition) is 3. The molecule has 0 heterocycles. The maximum atomic E-state index is 12.3. The van der Waals surface area contributed by atoms with Crippen LogP contribution in [0.15, 0.2) is 78.9 Å².